The quantitative estimate of drug-likeness (QED) is 0.392. The molecule has 1 aliphatic heterocycles. The fraction of sp³-hybridized carbons (Fsp3) is 0.667. The monoisotopic (exact) mass is 402 g/mol. The maximum Gasteiger partial charge on any atom is 0.423 e. The van der Waals surface area contributed by atoms with E-state index in [-0.39, 0.29) is 20.7 Å². The molecule has 2 unspecified atom stereocenters. The molecule has 0 aliphatic carbocycles. The second-order valence-corrected chi connectivity index (χ2v) is 10.3. The Morgan fingerprint density at radius 1 is 1.37 bits per heavy atom. The van der Waals surface area contributed by atoms with Crippen LogP contribution in [0.1, 0.15) is 46.6 Å². The van der Waals surface area contributed by atoms with Crippen LogP contribution in [0.25, 0.3) is 0 Å². The molecule has 0 saturated carbocycles. The van der Waals surface area contributed by atoms with Crippen LogP contribution in [0.2, 0.25) is 5.04 Å². The van der Waals surface area contributed by atoms with Gasteiger partial charge in [0.25, 0.3) is 5.69 Å². The Labute approximate surface area is 160 Å². The molecule has 0 spiro atoms. The SMILES string of the molecule is CC1CCN(c2ccc([N+](=O)[O-])c(C(F)(F)F)c2)C1(C)CO[Si]C(C)(C)C. The summed E-state index contributed by atoms with van der Waals surface area (Å²) < 4.78 is 45.9. The molecule has 0 N–H and O–H groups in total. The van der Waals surface area contributed by atoms with Crippen LogP contribution in [-0.2, 0) is 10.6 Å². The van der Waals surface area contributed by atoms with Crippen LogP contribution in [0.5, 0.6) is 0 Å². The van der Waals surface area contributed by atoms with E-state index in [9.17, 15) is 23.3 Å². The van der Waals surface area contributed by atoms with Crippen molar-refractivity contribution in [2.75, 3.05) is 18.1 Å². The molecule has 0 aromatic heterocycles. The van der Waals surface area contributed by atoms with E-state index < -0.39 is 27.9 Å². The summed E-state index contributed by atoms with van der Waals surface area (Å²) in [6.07, 6.45) is -3.97. The highest BCUT2D eigenvalue weighted by Gasteiger charge is 2.45. The smallest absolute Gasteiger partial charge is 0.415 e. The number of alkyl halides is 3. The molecule has 1 aromatic carbocycles. The molecule has 150 valence electrons. The van der Waals surface area contributed by atoms with Crippen LogP contribution in [0.3, 0.4) is 0 Å². The maximum absolute atomic E-state index is 13.3. The van der Waals surface area contributed by atoms with E-state index in [1.54, 1.807) is 0 Å². The fourth-order valence-corrected chi connectivity index (χ4v) is 4.07. The van der Waals surface area contributed by atoms with Gasteiger partial charge in [0.15, 0.2) is 0 Å². The van der Waals surface area contributed by atoms with Gasteiger partial charge in [0, 0.05) is 18.3 Å². The highest BCUT2D eigenvalue weighted by atomic mass is 28.2. The Kier molecular flexibility index (Phi) is 5.96. The number of hydrogen-bond donors (Lipinski definition) is 0. The molecule has 2 radical (unpaired) electrons. The summed E-state index contributed by atoms with van der Waals surface area (Å²) in [5.74, 6) is 0.215. The Morgan fingerprint density at radius 2 is 2.00 bits per heavy atom. The summed E-state index contributed by atoms with van der Waals surface area (Å²) >= 11 is 0. The van der Waals surface area contributed by atoms with Crippen molar-refractivity contribution >= 4 is 21.1 Å². The van der Waals surface area contributed by atoms with Gasteiger partial charge >= 0.3 is 6.18 Å². The van der Waals surface area contributed by atoms with Gasteiger partial charge in [0.1, 0.15) is 5.56 Å². The van der Waals surface area contributed by atoms with Crippen LogP contribution in [0, 0.1) is 16.0 Å². The highest BCUT2D eigenvalue weighted by molar-refractivity contribution is 6.31. The van der Waals surface area contributed by atoms with E-state index in [0.29, 0.717) is 18.8 Å². The van der Waals surface area contributed by atoms with Crippen LogP contribution in [0.4, 0.5) is 24.5 Å². The molecule has 1 aromatic rings. The second-order valence-electron chi connectivity index (χ2n) is 8.30. The highest BCUT2D eigenvalue weighted by Crippen LogP contribution is 2.43. The molecule has 0 bridgehead atoms. The maximum atomic E-state index is 13.3. The average molecular weight is 402 g/mol. The molecule has 2 atom stereocenters. The van der Waals surface area contributed by atoms with E-state index in [0.717, 1.165) is 18.6 Å². The fourth-order valence-electron chi connectivity index (χ4n) is 3.28. The molecule has 0 amide bonds. The third kappa shape index (κ3) is 4.81. The lowest BCUT2D eigenvalue weighted by Crippen LogP contribution is -2.49. The third-order valence-corrected chi connectivity index (χ3v) is 5.90. The summed E-state index contributed by atoms with van der Waals surface area (Å²) in [6, 6.07) is 3.23. The van der Waals surface area contributed by atoms with Crippen molar-refractivity contribution in [3.05, 3.63) is 33.9 Å². The van der Waals surface area contributed by atoms with Crippen LogP contribution < -0.4 is 4.90 Å². The molecular weight excluding hydrogens is 377 g/mol. The van der Waals surface area contributed by atoms with Crippen LogP contribution in [0.15, 0.2) is 18.2 Å². The minimum atomic E-state index is -4.79. The third-order valence-electron chi connectivity index (χ3n) is 5.00. The first-order chi connectivity index (χ1) is 12.3. The topological polar surface area (TPSA) is 55.6 Å². The molecule has 1 fully saturated rings. The number of anilines is 1. The van der Waals surface area contributed by atoms with E-state index in [1.165, 1.54) is 6.07 Å². The number of nitrogens with zero attached hydrogens (tertiary/aromatic N) is 2. The predicted octanol–water partition coefficient (Wildman–Crippen LogP) is 5.07. The molecule has 1 heterocycles. The minimum absolute atomic E-state index is 0.0137. The second kappa shape index (κ2) is 7.42. The van der Waals surface area contributed by atoms with E-state index in [1.807, 2.05) is 11.8 Å². The zero-order valence-electron chi connectivity index (χ0n) is 16.2. The number of hydrogen-bond acceptors (Lipinski definition) is 4. The van der Waals surface area contributed by atoms with Gasteiger partial charge in [0.05, 0.1) is 17.1 Å². The first-order valence-electron chi connectivity index (χ1n) is 8.78. The minimum Gasteiger partial charge on any atom is -0.415 e. The summed E-state index contributed by atoms with van der Waals surface area (Å²) in [5.41, 5.74) is -2.28. The van der Waals surface area contributed by atoms with Gasteiger partial charge in [-0.2, -0.15) is 13.2 Å². The zero-order valence-corrected chi connectivity index (χ0v) is 17.2. The molecule has 27 heavy (non-hydrogen) atoms. The number of rotatable bonds is 5. The number of nitro benzene ring substituents is 1. The summed E-state index contributed by atoms with van der Waals surface area (Å²) in [4.78, 5) is 11.9. The Morgan fingerprint density at radius 3 is 2.52 bits per heavy atom. The molecule has 2 rings (SSSR count). The van der Waals surface area contributed by atoms with Crippen molar-refractivity contribution in [1.29, 1.82) is 0 Å². The zero-order chi connectivity index (χ0) is 20.6. The van der Waals surface area contributed by atoms with Crippen molar-refractivity contribution in [3.63, 3.8) is 0 Å². The molecular formula is C18H25F3N2O3Si. The van der Waals surface area contributed by atoms with E-state index >= 15 is 0 Å². The summed E-state index contributed by atoms with van der Waals surface area (Å²) in [7, 11) is 0.273. The Balaban J connectivity index is 2.36. The average Bonchev–Trinajstić information content (AvgIpc) is 2.80. The van der Waals surface area contributed by atoms with Gasteiger partial charge in [-0.3, -0.25) is 10.1 Å². The van der Waals surface area contributed by atoms with Crippen molar-refractivity contribution in [3.8, 4) is 0 Å². The normalized spacial score (nSPS) is 23.7. The van der Waals surface area contributed by atoms with Crippen molar-refractivity contribution < 1.29 is 22.5 Å². The molecule has 9 heteroatoms. The lowest BCUT2D eigenvalue weighted by atomic mass is 9.88. The number of nitro groups is 1. The van der Waals surface area contributed by atoms with Gasteiger partial charge in [-0.25, -0.2) is 0 Å². The van der Waals surface area contributed by atoms with Gasteiger partial charge in [-0.15, -0.1) is 0 Å². The largest absolute Gasteiger partial charge is 0.423 e. The lowest BCUT2D eigenvalue weighted by molar-refractivity contribution is -0.388. The van der Waals surface area contributed by atoms with Crippen molar-refractivity contribution in [2.24, 2.45) is 5.92 Å². The van der Waals surface area contributed by atoms with Crippen LogP contribution in [-0.4, -0.2) is 33.4 Å². The lowest BCUT2D eigenvalue weighted by Gasteiger charge is -2.40. The summed E-state index contributed by atoms with van der Waals surface area (Å²) in [5, 5.41) is 11.0. The van der Waals surface area contributed by atoms with Gasteiger partial charge in [-0.1, -0.05) is 27.7 Å². The number of benzene rings is 1. The first kappa shape index (κ1) is 21.7. The molecule has 1 saturated heterocycles. The molecule has 5 nitrogen and oxygen atoms in total. The first-order valence-corrected chi connectivity index (χ1v) is 9.69. The van der Waals surface area contributed by atoms with E-state index in [2.05, 4.69) is 27.7 Å². The Bertz CT molecular complexity index is 706. The van der Waals surface area contributed by atoms with Crippen LogP contribution >= 0.6 is 0 Å². The molecule has 1 aliphatic rings. The number of halogens is 3. The standard InChI is InChI=1S/C18H25F3N2O3Si/c1-12-8-9-22(17(12,5)11-26-27-16(2,3)4)13-6-7-15(23(24)25)14(10-13)18(19,20)21/h6-7,10,12H,8-9,11H2,1-5H3. The van der Waals surface area contributed by atoms with Gasteiger partial charge in [-0.05, 0) is 36.4 Å². The van der Waals surface area contributed by atoms with Crippen molar-refractivity contribution in [1.82, 2.24) is 0 Å². The Hall–Kier alpha value is -1.61. The summed E-state index contributed by atoms with van der Waals surface area (Å²) in [6.45, 7) is 11.2. The predicted molar refractivity (Wildman–Crippen MR) is 99.1 cm³/mol. The van der Waals surface area contributed by atoms with Crippen molar-refractivity contribution in [2.45, 2.75) is 57.8 Å². The van der Waals surface area contributed by atoms with Gasteiger partial charge in [0.2, 0.25) is 9.76 Å². The van der Waals surface area contributed by atoms with E-state index in [4.69, 9.17) is 4.43 Å². The van der Waals surface area contributed by atoms with Gasteiger partial charge < -0.3 is 9.33 Å².